The Morgan fingerprint density at radius 2 is 1.39 bits per heavy atom. The average molecular weight is 323 g/mol. The first-order chi connectivity index (χ1) is 11.2. The van der Waals surface area contributed by atoms with Gasteiger partial charge < -0.3 is 4.74 Å². The van der Waals surface area contributed by atoms with E-state index in [-0.39, 0.29) is 0 Å². The van der Waals surface area contributed by atoms with Gasteiger partial charge in [-0.3, -0.25) is 4.79 Å². The number of carbonyl (C=O) groups is 1. The first kappa shape index (κ1) is 19.0. The number of ketones is 1. The lowest BCUT2D eigenvalue weighted by molar-refractivity contribution is -0.119. The Morgan fingerprint density at radius 1 is 0.826 bits per heavy atom. The van der Waals surface area contributed by atoms with Crippen LogP contribution in [-0.2, 0) is 9.53 Å². The predicted molar refractivity (Wildman–Crippen MR) is 96.6 cm³/mol. The molecule has 0 radical (unpaired) electrons. The standard InChI is InChI=1S/C21H38O2/c1-3-5-17-11-14-21(15-12-17)23-16-19-8-6-18(7-9-19)10-13-20(22)4-2/h17-19,21H,3-16H2,1-2H3. The fourth-order valence-electron chi connectivity index (χ4n) is 4.50. The molecule has 2 heteroatoms. The van der Waals surface area contributed by atoms with Gasteiger partial charge >= 0.3 is 0 Å². The molecular formula is C21H38O2. The van der Waals surface area contributed by atoms with Gasteiger partial charge in [0.05, 0.1) is 6.10 Å². The van der Waals surface area contributed by atoms with E-state index >= 15 is 0 Å². The first-order valence-electron chi connectivity index (χ1n) is 10.3. The first-order valence-corrected chi connectivity index (χ1v) is 10.3. The predicted octanol–water partition coefficient (Wildman–Crippen LogP) is 5.93. The second-order valence-electron chi connectivity index (χ2n) is 8.08. The number of hydrogen-bond acceptors (Lipinski definition) is 2. The Hall–Kier alpha value is -0.370. The van der Waals surface area contributed by atoms with E-state index < -0.39 is 0 Å². The third kappa shape index (κ3) is 6.95. The van der Waals surface area contributed by atoms with E-state index in [0.29, 0.717) is 18.3 Å². The second kappa shape index (κ2) is 10.5. The summed E-state index contributed by atoms with van der Waals surface area (Å²) in [6, 6.07) is 0. The van der Waals surface area contributed by atoms with Crippen LogP contribution in [0.4, 0.5) is 0 Å². The van der Waals surface area contributed by atoms with E-state index in [1.807, 2.05) is 6.92 Å². The van der Waals surface area contributed by atoms with Crippen LogP contribution in [0.1, 0.15) is 97.3 Å². The van der Waals surface area contributed by atoms with Crippen LogP contribution in [0, 0.1) is 17.8 Å². The molecule has 134 valence electrons. The molecule has 0 aromatic heterocycles. The normalized spacial score (nSPS) is 31.9. The van der Waals surface area contributed by atoms with Crippen LogP contribution < -0.4 is 0 Å². The highest BCUT2D eigenvalue weighted by Crippen LogP contribution is 2.34. The minimum absolute atomic E-state index is 0.439. The smallest absolute Gasteiger partial charge is 0.132 e. The highest BCUT2D eigenvalue weighted by atomic mass is 16.5. The monoisotopic (exact) mass is 322 g/mol. The third-order valence-corrected chi connectivity index (χ3v) is 6.25. The quantitative estimate of drug-likeness (QED) is 0.526. The zero-order valence-corrected chi connectivity index (χ0v) is 15.5. The van der Waals surface area contributed by atoms with Crippen molar-refractivity contribution < 1.29 is 9.53 Å². The summed E-state index contributed by atoms with van der Waals surface area (Å²) >= 11 is 0. The molecule has 0 atom stereocenters. The number of ether oxygens (including phenoxy) is 1. The maximum Gasteiger partial charge on any atom is 0.132 e. The van der Waals surface area contributed by atoms with Gasteiger partial charge in [-0.25, -0.2) is 0 Å². The summed E-state index contributed by atoms with van der Waals surface area (Å²) < 4.78 is 6.25. The van der Waals surface area contributed by atoms with Crippen molar-refractivity contribution in [1.29, 1.82) is 0 Å². The molecule has 0 N–H and O–H groups in total. The summed E-state index contributed by atoms with van der Waals surface area (Å²) in [7, 11) is 0. The molecule has 0 aliphatic heterocycles. The SMILES string of the molecule is CCCC1CCC(OCC2CCC(CCC(=O)CC)CC2)CC1. The largest absolute Gasteiger partial charge is 0.378 e. The van der Waals surface area contributed by atoms with E-state index in [2.05, 4.69) is 6.92 Å². The molecule has 0 bridgehead atoms. The van der Waals surface area contributed by atoms with Crippen LogP contribution in [0.5, 0.6) is 0 Å². The lowest BCUT2D eigenvalue weighted by atomic mass is 9.80. The highest BCUT2D eigenvalue weighted by Gasteiger charge is 2.25. The van der Waals surface area contributed by atoms with Crippen molar-refractivity contribution in [3.63, 3.8) is 0 Å². The second-order valence-corrected chi connectivity index (χ2v) is 8.08. The van der Waals surface area contributed by atoms with Crippen LogP contribution in [0.3, 0.4) is 0 Å². The van der Waals surface area contributed by atoms with Crippen molar-refractivity contribution >= 4 is 5.78 Å². The Kier molecular flexibility index (Phi) is 8.64. The van der Waals surface area contributed by atoms with Gasteiger partial charge in [0.15, 0.2) is 0 Å². The molecule has 2 aliphatic carbocycles. The highest BCUT2D eigenvalue weighted by molar-refractivity contribution is 5.77. The van der Waals surface area contributed by atoms with Gasteiger partial charge in [-0.15, -0.1) is 0 Å². The Balaban J connectivity index is 1.54. The molecule has 0 unspecified atom stereocenters. The van der Waals surface area contributed by atoms with Crippen LogP contribution in [0.25, 0.3) is 0 Å². The van der Waals surface area contributed by atoms with Crippen molar-refractivity contribution in [2.75, 3.05) is 6.61 Å². The summed E-state index contributed by atoms with van der Waals surface area (Å²) in [6.07, 6.45) is 16.6. The van der Waals surface area contributed by atoms with Gasteiger partial charge in [-0.1, -0.05) is 39.5 Å². The molecule has 2 saturated carbocycles. The fraction of sp³-hybridized carbons (Fsp3) is 0.952. The van der Waals surface area contributed by atoms with Crippen LogP contribution >= 0.6 is 0 Å². The molecule has 0 aromatic rings. The summed E-state index contributed by atoms with van der Waals surface area (Å²) in [5.74, 6) is 2.99. The minimum atomic E-state index is 0.439. The van der Waals surface area contributed by atoms with Crippen LogP contribution in [0.2, 0.25) is 0 Å². The fourth-order valence-corrected chi connectivity index (χ4v) is 4.50. The van der Waals surface area contributed by atoms with Crippen molar-refractivity contribution in [2.24, 2.45) is 17.8 Å². The number of hydrogen-bond donors (Lipinski definition) is 0. The molecule has 23 heavy (non-hydrogen) atoms. The molecule has 0 amide bonds. The van der Waals surface area contributed by atoms with Gasteiger partial charge in [0, 0.05) is 19.4 Å². The molecule has 2 aliphatic rings. The summed E-state index contributed by atoms with van der Waals surface area (Å²) in [6.45, 7) is 5.27. The van der Waals surface area contributed by atoms with Crippen molar-refractivity contribution in [1.82, 2.24) is 0 Å². The van der Waals surface area contributed by atoms with Gasteiger partial charge in [-0.2, -0.15) is 0 Å². The molecule has 0 heterocycles. The average Bonchev–Trinajstić information content (AvgIpc) is 2.60. The zero-order valence-electron chi connectivity index (χ0n) is 15.5. The lowest BCUT2D eigenvalue weighted by Gasteiger charge is -2.32. The van der Waals surface area contributed by atoms with Crippen molar-refractivity contribution in [3.8, 4) is 0 Å². The van der Waals surface area contributed by atoms with Gasteiger partial charge in [0.2, 0.25) is 0 Å². The Morgan fingerprint density at radius 3 is 2.00 bits per heavy atom. The van der Waals surface area contributed by atoms with Gasteiger partial charge in [-0.05, 0) is 62.7 Å². The molecule has 2 rings (SSSR count). The molecule has 0 aromatic carbocycles. The van der Waals surface area contributed by atoms with Crippen LogP contribution in [-0.4, -0.2) is 18.5 Å². The van der Waals surface area contributed by atoms with E-state index in [0.717, 1.165) is 37.2 Å². The number of Topliss-reactive ketones (excluding diaryl/α,β-unsaturated/α-hetero) is 1. The minimum Gasteiger partial charge on any atom is -0.378 e. The molecule has 0 saturated heterocycles. The van der Waals surface area contributed by atoms with E-state index in [1.165, 1.54) is 64.2 Å². The molecule has 0 spiro atoms. The van der Waals surface area contributed by atoms with Gasteiger partial charge in [0.25, 0.3) is 0 Å². The zero-order chi connectivity index (χ0) is 16.5. The summed E-state index contributed by atoms with van der Waals surface area (Å²) in [4.78, 5) is 11.4. The molecule has 2 fully saturated rings. The van der Waals surface area contributed by atoms with Crippen molar-refractivity contribution in [2.45, 2.75) is 103 Å². The maximum absolute atomic E-state index is 11.4. The molecular weight excluding hydrogens is 284 g/mol. The van der Waals surface area contributed by atoms with E-state index in [1.54, 1.807) is 0 Å². The topological polar surface area (TPSA) is 26.3 Å². The van der Waals surface area contributed by atoms with E-state index in [9.17, 15) is 4.79 Å². The summed E-state index contributed by atoms with van der Waals surface area (Å²) in [5.41, 5.74) is 0. The Bertz CT molecular complexity index is 323. The van der Waals surface area contributed by atoms with E-state index in [4.69, 9.17) is 4.74 Å². The lowest BCUT2D eigenvalue weighted by Crippen LogP contribution is -2.26. The summed E-state index contributed by atoms with van der Waals surface area (Å²) in [5, 5.41) is 0. The van der Waals surface area contributed by atoms with Crippen LogP contribution in [0.15, 0.2) is 0 Å². The third-order valence-electron chi connectivity index (χ3n) is 6.25. The number of rotatable bonds is 9. The number of carbonyl (C=O) groups excluding carboxylic acids is 1. The van der Waals surface area contributed by atoms with Gasteiger partial charge in [0.1, 0.15) is 5.78 Å². The van der Waals surface area contributed by atoms with Crippen molar-refractivity contribution in [3.05, 3.63) is 0 Å². The maximum atomic E-state index is 11.4. The molecule has 2 nitrogen and oxygen atoms in total. The Labute approximate surface area is 143 Å².